The van der Waals surface area contributed by atoms with E-state index in [2.05, 4.69) is 24.0 Å². The molecule has 0 radical (unpaired) electrons. The van der Waals surface area contributed by atoms with Crippen LogP contribution in [0, 0.1) is 0 Å². The molecule has 1 aromatic carbocycles. The molecule has 0 spiro atoms. The molecule has 0 saturated heterocycles. The fraction of sp³-hybridized carbons (Fsp3) is 0.476. The number of nitrogens with one attached hydrogen (secondary N) is 1. The Morgan fingerprint density at radius 2 is 2.07 bits per heavy atom. The van der Waals surface area contributed by atoms with Crippen LogP contribution in [0.15, 0.2) is 35.3 Å². The maximum Gasteiger partial charge on any atom is 0.331 e. The third kappa shape index (κ3) is 3.30. The number of fused-ring (bicyclic) bond motifs is 3. The second kappa shape index (κ2) is 7.75. The molecule has 148 valence electrons. The highest BCUT2D eigenvalue weighted by Gasteiger charge is 2.42. The lowest BCUT2D eigenvalue weighted by atomic mass is 10.1. The van der Waals surface area contributed by atoms with Gasteiger partial charge in [-0.15, -0.1) is 0 Å². The zero-order valence-corrected chi connectivity index (χ0v) is 16.7. The number of carbonyl (C=O) groups is 1. The standard InChI is InChI=1S/C21H27N5O2/c1-4-11-25-20-17(23-18(24-20)14(3)28-5-2)19-22-16(13-26(19)21(25)27)12-15-9-7-6-8-10-15/h6-10,14,16H,4-5,11-13H2,1-3H3,(H,23,24)/t14-,16?/m1/s1. The van der Waals surface area contributed by atoms with E-state index in [4.69, 9.17) is 14.7 Å². The minimum atomic E-state index is -0.162. The number of H-pyrrole nitrogens is 1. The first kappa shape index (κ1) is 18.7. The number of benzene rings is 1. The summed E-state index contributed by atoms with van der Waals surface area (Å²) in [6, 6.07) is 10.3. The molecule has 7 heteroatoms. The third-order valence-electron chi connectivity index (χ3n) is 5.16. The van der Waals surface area contributed by atoms with Crippen LogP contribution in [0.4, 0.5) is 10.6 Å². The van der Waals surface area contributed by atoms with Gasteiger partial charge in [0.05, 0.1) is 12.6 Å². The first-order chi connectivity index (χ1) is 13.6. The summed E-state index contributed by atoms with van der Waals surface area (Å²) in [7, 11) is 0. The number of urea groups is 1. The van der Waals surface area contributed by atoms with Gasteiger partial charge in [-0.05, 0) is 32.3 Å². The van der Waals surface area contributed by atoms with Crippen molar-refractivity contribution in [3.8, 4) is 0 Å². The predicted octanol–water partition coefficient (Wildman–Crippen LogP) is 3.53. The number of rotatable bonds is 7. The number of hydrogen-bond donors (Lipinski definition) is 1. The number of imidazole rings is 1. The number of anilines is 1. The minimum absolute atomic E-state index is 0.0363. The van der Waals surface area contributed by atoms with E-state index >= 15 is 0 Å². The summed E-state index contributed by atoms with van der Waals surface area (Å²) in [4.78, 5) is 29.7. The van der Waals surface area contributed by atoms with Crippen LogP contribution in [0.2, 0.25) is 0 Å². The third-order valence-corrected chi connectivity index (χ3v) is 5.16. The van der Waals surface area contributed by atoms with Crippen molar-refractivity contribution in [3.63, 3.8) is 0 Å². The minimum Gasteiger partial charge on any atom is -0.371 e. The van der Waals surface area contributed by atoms with Gasteiger partial charge in [-0.2, -0.15) is 0 Å². The highest BCUT2D eigenvalue weighted by Crippen LogP contribution is 2.33. The number of amides is 2. The number of ether oxygens (including phenoxy) is 1. The van der Waals surface area contributed by atoms with E-state index < -0.39 is 0 Å². The van der Waals surface area contributed by atoms with Crippen molar-refractivity contribution in [1.82, 2.24) is 14.9 Å². The van der Waals surface area contributed by atoms with Crippen LogP contribution in [0.3, 0.4) is 0 Å². The molecule has 4 rings (SSSR count). The lowest BCUT2D eigenvalue weighted by Crippen LogP contribution is -2.50. The number of nitrogens with zero attached hydrogens (tertiary/aromatic N) is 4. The molecule has 1 aromatic heterocycles. The van der Waals surface area contributed by atoms with Crippen LogP contribution in [-0.2, 0) is 11.2 Å². The highest BCUT2D eigenvalue weighted by molar-refractivity contribution is 6.18. The normalized spacial score (nSPS) is 19.5. The number of hydrogen-bond acceptors (Lipinski definition) is 4. The summed E-state index contributed by atoms with van der Waals surface area (Å²) in [6.45, 7) is 7.82. The summed E-state index contributed by atoms with van der Waals surface area (Å²) in [5.41, 5.74) is 2.05. The van der Waals surface area contributed by atoms with Crippen LogP contribution in [-0.4, -0.2) is 52.5 Å². The van der Waals surface area contributed by atoms with Gasteiger partial charge in [0.15, 0.2) is 11.7 Å². The largest absolute Gasteiger partial charge is 0.371 e. The zero-order chi connectivity index (χ0) is 19.7. The molecule has 1 unspecified atom stereocenters. The molecule has 0 saturated carbocycles. The fourth-order valence-electron chi connectivity index (χ4n) is 3.86. The Morgan fingerprint density at radius 1 is 1.29 bits per heavy atom. The summed E-state index contributed by atoms with van der Waals surface area (Å²) in [5.74, 6) is 2.11. The number of amidine groups is 1. The summed E-state index contributed by atoms with van der Waals surface area (Å²) < 4.78 is 5.69. The number of aromatic nitrogens is 2. The molecule has 2 aliphatic rings. The Kier molecular flexibility index (Phi) is 5.17. The average Bonchev–Trinajstić information content (AvgIpc) is 3.31. The van der Waals surface area contributed by atoms with E-state index in [9.17, 15) is 4.79 Å². The fourth-order valence-corrected chi connectivity index (χ4v) is 3.86. The lowest BCUT2D eigenvalue weighted by molar-refractivity contribution is 0.0707. The van der Waals surface area contributed by atoms with E-state index in [1.165, 1.54) is 5.56 Å². The molecule has 0 aliphatic carbocycles. The molecular weight excluding hydrogens is 354 g/mol. The maximum atomic E-state index is 13.1. The zero-order valence-electron chi connectivity index (χ0n) is 16.7. The van der Waals surface area contributed by atoms with E-state index in [1.54, 1.807) is 9.80 Å². The molecule has 1 N–H and O–H groups in total. The Bertz CT molecular complexity index is 876. The average molecular weight is 381 g/mol. The van der Waals surface area contributed by atoms with E-state index in [1.807, 2.05) is 32.0 Å². The molecule has 2 atom stereocenters. The molecule has 28 heavy (non-hydrogen) atoms. The van der Waals surface area contributed by atoms with Crippen LogP contribution >= 0.6 is 0 Å². The smallest absolute Gasteiger partial charge is 0.331 e. The van der Waals surface area contributed by atoms with Gasteiger partial charge in [0.1, 0.15) is 17.6 Å². The van der Waals surface area contributed by atoms with E-state index in [-0.39, 0.29) is 18.2 Å². The van der Waals surface area contributed by atoms with Crippen molar-refractivity contribution < 1.29 is 9.53 Å². The molecule has 2 aromatic rings. The number of carbonyl (C=O) groups excluding carboxylic acids is 1. The van der Waals surface area contributed by atoms with Crippen molar-refractivity contribution in [2.45, 2.75) is 45.8 Å². The molecule has 2 aliphatic heterocycles. The van der Waals surface area contributed by atoms with Crippen molar-refractivity contribution in [3.05, 3.63) is 47.4 Å². The molecule has 0 bridgehead atoms. The number of aliphatic imine (C=N–C) groups is 1. The van der Waals surface area contributed by atoms with Gasteiger partial charge in [0.25, 0.3) is 0 Å². The number of aromatic amines is 1. The van der Waals surface area contributed by atoms with Gasteiger partial charge < -0.3 is 9.72 Å². The molecule has 3 heterocycles. The Hall–Kier alpha value is -2.67. The van der Waals surface area contributed by atoms with Crippen LogP contribution < -0.4 is 4.90 Å². The van der Waals surface area contributed by atoms with Crippen molar-refractivity contribution in [2.75, 3.05) is 24.6 Å². The molecule has 2 amide bonds. The van der Waals surface area contributed by atoms with Gasteiger partial charge in [-0.1, -0.05) is 37.3 Å². The Balaban J connectivity index is 1.68. The molecule has 0 fully saturated rings. The Labute approximate surface area is 165 Å². The lowest BCUT2D eigenvalue weighted by Gasteiger charge is -2.32. The van der Waals surface area contributed by atoms with Crippen molar-refractivity contribution >= 4 is 17.7 Å². The maximum absolute atomic E-state index is 13.1. The Morgan fingerprint density at radius 3 is 2.79 bits per heavy atom. The molecular formula is C21H27N5O2. The predicted molar refractivity (Wildman–Crippen MR) is 109 cm³/mol. The topological polar surface area (TPSA) is 73.8 Å². The van der Waals surface area contributed by atoms with Gasteiger partial charge in [-0.25, -0.2) is 9.78 Å². The first-order valence-corrected chi connectivity index (χ1v) is 10.0. The van der Waals surface area contributed by atoms with Crippen molar-refractivity contribution in [2.24, 2.45) is 4.99 Å². The van der Waals surface area contributed by atoms with Gasteiger partial charge in [-0.3, -0.25) is 14.8 Å². The second-order valence-corrected chi connectivity index (χ2v) is 7.26. The van der Waals surface area contributed by atoms with E-state index in [0.29, 0.717) is 31.3 Å². The van der Waals surface area contributed by atoms with E-state index in [0.717, 1.165) is 24.4 Å². The van der Waals surface area contributed by atoms with Gasteiger partial charge in [0, 0.05) is 13.2 Å². The van der Waals surface area contributed by atoms with Crippen molar-refractivity contribution in [1.29, 1.82) is 0 Å². The second-order valence-electron chi connectivity index (χ2n) is 7.26. The van der Waals surface area contributed by atoms with Gasteiger partial charge >= 0.3 is 6.03 Å². The molecule has 7 nitrogen and oxygen atoms in total. The SMILES string of the molecule is CCCN1C(=O)N2CC(Cc3ccccc3)N=C2c2[nH]c([C@@H](C)OCC)nc21. The summed E-state index contributed by atoms with van der Waals surface area (Å²) >= 11 is 0. The van der Waals surface area contributed by atoms with Crippen LogP contribution in [0.1, 0.15) is 50.4 Å². The van der Waals surface area contributed by atoms with Gasteiger partial charge in [0.2, 0.25) is 0 Å². The highest BCUT2D eigenvalue weighted by atomic mass is 16.5. The quantitative estimate of drug-likeness (QED) is 0.797. The van der Waals surface area contributed by atoms with Crippen LogP contribution in [0.25, 0.3) is 0 Å². The summed E-state index contributed by atoms with van der Waals surface area (Å²) in [5, 5.41) is 0. The van der Waals surface area contributed by atoms with Crippen LogP contribution in [0.5, 0.6) is 0 Å². The monoisotopic (exact) mass is 381 g/mol. The first-order valence-electron chi connectivity index (χ1n) is 10.0. The summed E-state index contributed by atoms with van der Waals surface area (Å²) in [6.07, 6.45) is 1.51.